The molecule has 1 unspecified atom stereocenters. The van der Waals surface area contributed by atoms with Crippen molar-refractivity contribution in [1.82, 2.24) is 0 Å². The maximum Gasteiger partial charge on any atom is 0.123 e. The van der Waals surface area contributed by atoms with Crippen LogP contribution in [-0.2, 0) is 0 Å². The van der Waals surface area contributed by atoms with Gasteiger partial charge in [0.2, 0.25) is 0 Å². The van der Waals surface area contributed by atoms with Crippen LogP contribution < -0.4 is 5.32 Å². The van der Waals surface area contributed by atoms with E-state index in [9.17, 15) is 9.50 Å². The zero-order chi connectivity index (χ0) is 13.0. The van der Waals surface area contributed by atoms with Crippen LogP contribution in [0.2, 0.25) is 5.02 Å². The van der Waals surface area contributed by atoms with Crippen molar-refractivity contribution in [3.8, 4) is 0 Å². The number of halogens is 2. The lowest BCUT2D eigenvalue weighted by Gasteiger charge is -2.18. The fraction of sp³-hybridized carbons (Fsp3) is 0.143. The van der Waals surface area contributed by atoms with Gasteiger partial charge in [-0.1, -0.05) is 23.7 Å². The summed E-state index contributed by atoms with van der Waals surface area (Å²) in [5.41, 5.74) is 1.52. The topological polar surface area (TPSA) is 32.3 Å². The third kappa shape index (κ3) is 3.22. The Morgan fingerprint density at radius 2 is 1.89 bits per heavy atom. The Morgan fingerprint density at radius 3 is 2.50 bits per heavy atom. The monoisotopic (exact) mass is 265 g/mol. The van der Waals surface area contributed by atoms with Crippen molar-refractivity contribution >= 4 is 17.3 Å². The van der Waals surface area contributed by atoms with Gasteiger partial charge >= 0.3 is 0 Å². The Morgan fingerprint density at radius 1 is 1.17 bits per heavy atom. The summed E-state index contributed by atoms with van der Waals surface area (Å²) in [4.78, 5) is 0. The second-order valence-electron chi connectivity index (χ2n) is 3.94. The molecule has 2 aromatic rings. The van der Waals surface area contributed by atoms with Crippen LogP contribution in [0, 0.1) is 5.82 Å². The average molecular weight is 266 g/mol. The fourth-order valence-corrected chi connectivity index (χ4v) is 1.83. The molecule has 2 nitrogen and oxygen atoms in total. The first-order valence-corrected chi connectivity index (χ1v) is 5.95. The molecule has 0 aromatic heterocycles. The highest BCUT2D eigenvalue weighted by molar-refractivity contribution is 6.30. The second kappa shape index (κ2) is 5.85. The summed E-state index contributed by atoms with van der Waals surface area (Å²) in [6, 6.07) is 13.0. The highest BCUT2D eigenvalue weighted by Gasteiger charge is 2.10. The first-order valence-electron chi connectivity index (χ1n) is 5.57. The molecule has 0 saturated carbocycles. The zero-order valence-corrected chi connectivity index (χ0v) is 10.4. The van der Waals surface area contributed by atoms with E-state index >= 15 is 0 Å². The maximum absolute atomic E-state index is 13.1. The van der Waals surface area contributed by atoms with Crippen LogP contribution in [-0.4, -0.2) is 11.7 Å². The van der Waals surface area contributed by atoms with Gasteiger partial charge in [0.05, 0.1) is 12.6 Å². The molecule has 2 rings (SSSR count). The number of nitrogens with one attached hydrogen (secondary N) is 1. The van der Waals surface area contributed by atoms with Gasteiger partial charge in [-0.3, -0.25) is 0 Å². The van der Waals surface area contributed by atoms with Crippen LogP contribution in [0.4, 0.5) is 10.1 Å². The Hall–Kier alpha value is -1.58. The number of hydrogen-bond acceptors (Lipinski definition) is 2. The molecule has 2 aromatic carbocycles. The van der Waals surface area contributed by atoms with Gasteiger partial charge in [0, 0.05) is 10.7 Å². The Kier molecular flexibility index (Phi) is 4.18. The van der Waals surface area contributed by atoms with Crippen molar-refractivity contribution < 1.29 is 9.50 Å². The lowest BCUT2D eigenvalue weighted by molar-refractivity contribution is 0.276. The summed E-state index contributed by atoms with van der Waals surface area (Å²) in [7, 11) is 0. The lowest BCUT2D eigenvalue weighted by atomic mass is 10.1. The van der Waals surface area contributed by atoms with Crippen LogP contribution in [0.3, 0.4) is 0 Å². The summed E-state index contributed by atoms with van der Waals surface area (Å²) in [6.07, 6.45) is 0. The molecule has 2 N–H and O–H groups in total. The predicted molar refractivity (Wildman–Crippen MR) is 71.3 cm³/mol. The Balaban J connectivity index is 2.17. The predicted octanol–water partition coefficient (Wildman–Crippen LogP) is 3.62. The minimum absolute atomic E-state index is 0.119. The van der Waals surface area contributed by atoms with Crippen LogP contribution in [0.5, 0.6) is 0 Å². The van der Waals surface area contributed by atoms with E-state index in [2.05, 4.69) is 5.32 Å². The minimum atomic E-state index is -0.345. The van der Waals surface area contributed by atoms with Gasteiger partial charge in [-0.15, -0.1) is 0 Å². The van der Waals surface area contributed by atoms with E-state index < -0.39 is 0 Å². The van der Waals surface area contributed by atoms with Crippen LogP contribution >= 0.6 is 11.6 Å². The summed E-state index contributed by atoms with van der Waals surface area (Å²) in [6.45, 7) is -0.119. The highest BCUT2D eigenvalue weighted by Crippen LogP contribution is 2.21. The number of anilines is 1. The lowest BCUT2D eigenvalue weighted by Crippen LogP contribution is -2.14. The van der Waals surface area contributed by atoms with Gasteiger partial charge < -0.3 is 10.4 Å². The summed E-state index contributed by atoms with van der Waals surface area (Å²) in [5.74, 6) is -0.316. The molecule has 0 aliphatic heterocycles. The Labute approximate surface area is 110 Å². The standard InChI is InChI=1S/C14H13ClFNO/c15-11-4-6-13(7-5-11)17-14(9-18)10-2-1-3-12(16)8-10/h1-8,14,17-18H,9H2. The smallest absolute Gasteiger partial charge is 0.123 e. The maximum atomic E-state index is 13.1. The quantitative estimate of drug-likeness (QED) is 0.885. The van der Waals surface area contributed by atoms with Crippen molar-refractivity contribution in [2.75, 3.05) is 11.9 Å². The van der Waals surface area contributed by atoms with Gasteiger partial charge in [-0.2, -0.15) is 0 Å². The van der Waals surface area contributed by atoms with Gasteiger partial charge in [0.25, 0.3) is 0 Å². The summed E-state index contributed by atoms with van der Waals surface area (Å²) < 4.78 is 13.1. The molecular weight excluding hydrogens is 253 g/mol. The zero-order valence-electron chi connectivity index (χ0n) is 9.61. The van der Waals surface area contributed by atoms with Crippen molar-refractivity contribution in [2.24, 2.45) is 0 Å². The third-order valence-electron chi connectivity index (χ3n) is 2.62. The molecule has 18 heavy (non-hydrogen) atoms. The van der Waals surface area contributed by atoms with Gasteiger partial charge in [0.1, 0.15) is 5.82 Å². The number of benzene rings is 2. The molecule has 0 bridgehead atoms. The van der Waals surface area contributed by atoms with E-state index in [4.69, 9.17) is 11.6 Å². The van der Waals surface area contributed by atoms with E-state index in [1.165, 1.54) is 12.1 Å². The fourth-order valence-electron chi connectivity index (χ4n) is 1.71. The van der Waals surface area contributed by atoms with E-state index in [-0.39, 0.29) is 18.5 Å². The SMILES string of the molecule is OCC(Nc1ccc(Cl)cc1)c1cccc(F)c1. The molecule has 0 spiro atoms. The van der Waals surface area contributed by atoms with Crippen LogP contribution in [0.15, 0.2) is 48.5 Å². The van der Waals surface area contributed by atoms with E-state index in [1.54, 1.807) is 24.3 Å². The van der Waals surface area contributed by atoms with E-state index in [0.29, 0.717) is 10.6 Å². The second-order valence-corrected chi connectivity index (χ2v) is 4.38. The number of aliphatic hydroxyl groups excluding tert-OH is 1. The first kappa shape index (κ1) is 12.9. The summed E-state index contributed by atoms with van der Waals surface area (Å²) in [5, 5.41) is 13.1. The molecule has 0 heterocycles. The molecule has 0 fully saturated rings. The molecule has 1 atom stereocenters. The number of aliphatic hydroxyl groups is 1. The van der Waals surface area contributed by atoms with Gasteiger partial charge in [-0.05, 0) is 42.0 Å². The largest absolute Gasteiger partial charge is 0.394 e. The van der Waals surface area contributed by atoms with Crippen molar-refractivity contribution in [3.63, 3.8) is 0 Å². The normalized spacial score (nSPS) is 12.2. The van der Waals surface area contributed by atoms with Crippen molar-refractivity contribution in [1.29, 1.82) is 0 Å². The highest BCUT2D eigenvalue weighted by atomic mass is 35.5. The van der Waals surface area contributed by atoms with Gasteiger partial charge in [-0.25, -0.2) is 4.39 Å². The number of rotatable bonds is 4. The van der Waals surface area contributed by atoms with E-state index in [1.807, 2.05) is 12.1 Å². The Bertz CT molecular complexity index is 515. The molecule has 0 radical (unpaired) electrons. The van der Waals surface area contributed by atoms with Crippen LogP contribution in [0.1, 0.15) is 11.6 Å². The van der Waals surface area contributed by atoms with E-state index in [0.717, 1.165) is 5.69 Å². The van der Waals surface area contributed by atoms with Crippen LogP contribution in [0.25, 0.3) is 0 Å². The number of hydrogen-bond donors (Lipinski definition) is 2. The third-order valence-corrected chi connectivity index (χ3v) is 2.87. The minimum Gasteiger partial charge on any atom is -0.394 e. The summed E-state index contributed by atoms with van der Waals surface area (Å²) >= 11 is 5.79. The molecular formula is C14H13ClFNO. The molecule has 0 aliphatic carbocycles. The van der Waals surface area contributed by atoms with Crippen molar-refractivity contribution in [2.45, 2.75) is 6.04 Å². The van der Waals surface area contributed by atoms with Gasteiger partial charge in [0.15, 0.2) is 0 Å². The molecule has 0 amide bonds. The average Bonchev–Trinajstić information content (AvgIpc) is 2.38. The molecule has 0 saturated heterocycles. The van der Waals surface area contributed by atoms with Crippen molar-refractivity contribution in [3.05, 3.63) is 64.9 Å². The molecule has 4 heteroatoms. The molecule has 94 valence electrons. The first-order chi connectivity index (χ1) is 8.69. The molecule has 0 aliphatic rings.